The van der Waals surface area contributed by atoms with Crippen molar-refractivity contribution in [3.05, 3.63) is 29.8 Å². The van der Waals surface area contributed by atoms with Crippen molar-refractivity contribution in [2.45, 2.75) is 58.5 Å². The number of amides is 2. The van der Waals surface area contributed by atoms with Crippen molar-refractivity contribution >= 4 is 11.7 Å². The molecule has 0 saturated heterocycles. The van der Waals surface area contributed by atoms with Crippen LogP contribution in [0.3, 0.4) is 0 Å². The second-order valence-electron chi connectivity index (χ2n) is 6.94. The molecule has 0 spiro atoms. The summed E-state index contributed by atoms with van der Waals surface area (Å²) in [6.45, 7) is 6.91. The van der Waals surface area contributed by atoms with Gasteiger partial charge in [-0.15, -0.1) is 0 Å². The number of anilines is 1. The maximum Gasteiger partial charge on any atom is 0.316 e. The summed E-state index contributed by atoms with van der Waals surface area (Å²) in [7, 11) is 0. The van der Waals surface area contributed by atoms with E-state index in [2.05, 4.69) is 31.4 Å². The van der Waals surface area contributed by atoms with Crippen LogP contribution in [0.15, 0.2) is 24.3 Å². The number of hydrogen-bond donors (Lipinski definition) is 3. The van der Waals surface area contributed by atoms with Gasteiger partial charge in [0.05, 0.1) is 0 Å². The summed E-state index contributed by atoms with van der Waals surface area (Å²) in [5.41, 5.74) is 7.57. The minimum atomic E-state index is -0.529. The summed E-state index contributed by atoms with van der Waals surface area (Å²) >= 11 is 0. The van der Waals surface area contributed by atoms with Gasteiger partial charge in [-0.2, -0.15) is 0 Å². The highest BCUT2D eigenvalue weighted by Crippen LogP contribution is 2.35. The molecule has 4 heteroatoms. The van der Waals surface area contributed by atoms with Crippen LogP contribution in [0.4, 0.5) is 10.5 Å². The molecule has 0 heterocycles. The summed E-state index contributed by atoms with van der Waals surface area (Å²) in [5.74, 6) is 0. The number of primary amides is 1. The molecule has 1 fully saturated rings. The minimum absolute atomic E-state index is 0.318. The fourth-order valence-corrected chi connectivity index (χ4v) is 3.01. The van der Waals surface area contributed by atoms with E-state index in [1.807, 2.05) is 24.3 Å². The first-order valence-electron chi connectivity index (χ1n) is 7.78. The quantitative estimate of drug-likeness (QED) is 0.789. The van der Waals surface area contributed by atoms with Crippen LogP contribution in [0.25, 0.3) is 0 Å². The van der Waals surface area contributed by atoms with Crippen molar-refractivity contribution in [1.82, 2.24) is 5.32 Å². The van der Waals surface area contributed by atoms with Gasteiger partial charge in [-0.1, -0.05) is 26.0 Å². The molecule has 21 heavy (non-hydrogen) atoms. The van der Waals surface area contributed by atoms with Crippen molar-refractivity contribution in [2.75, 3.05) is 5.32 Å². The van der Waals surface area contributed by atoms with Crippen molar-refractivity contribution < 1.29 is 4.79 Å². The molecule has 116 valence electrons. The Labute approximate surface area is 127 Å². The van der Waals surface area contributed by atoms with Gasteiger partial charge in [0, 0.05) is 17.8 Å². The van der Waals surface area contributed by atoms with Crippen LogP contribution in [0.1, 0.15) is 58.1 Å². The zero-order valence-corrected chi connectivity index (χ0v) is 13.3. The van der Waals surface area contributed by atoms with E-state index in [0.29, 0.717) is 17.5 Å². The first-order chi connectivity index (χ1) is 9.85. The van der Waals surface area contributed by atoms with Gasteiger partial charge in [-0.25, -0.2) is 4.79 Å². The standard InChI is InChI=1S/C17H27N3O/c1-12(19-15-8-10-17(2,3)11-9-15)13-4-6-14(7-5-13)20-16(18)21/h4-7,12,15,19H,8-11H2,1-3H3,(H3,18,20,21). The molecule has 1 aromatic carbocycles. The summed E-state index contributed by atoms with van der Waals surface area (Å²) in [5, 5.41) is 6.30. The summed E-state index contributed by atoms with van der Waals surface area (Å²) in [6.07, 6.45) is 5.08. The van der Waals surface area contributed by atoms with Crippen molar-refractivity contribution in [2.24, 2.45) is 11.1 Å². The van der Waals surface area contributed by atoms with Crippen LogP contribution in [-0.4, -0.2) is 12.1 Å². The number of urea groups is 1. The lowest BCUT2D eigenvalue weighted by Gasteiger charge is -2.36. The van der Waals surface area contributed by atoms with Crippen molar-refractivity contribution in [3.63, 3.8) is 0 Å². The van der Waals surface area contributed by atoms with Crippen molar-refractivity contribution in [3.8, 4) is 0 Å². The average Bonchev–Trinajstić information content (AvgIpc) is 2.41. The molecule has 1 saturated carbocycles. The van der Waals surface area contributed by atoms with Crippen LogP contribution < -0.4 is 16.4 Å². The summed E-state index contributed by atoms with van der Waals surface area (Å²) in [6, 6.07) is 8.25. The second-order valence-corrected chi connectivity index (χ2v) is 6.94. The molecular formula is C17H27N3O. The highest BCUT2D eigenvalue weighted by molar-refractivity contribution is 5.87. The third-order valence-electron chi connectivity index (χ3n) is 4.50. The van der Waals surface area contributed by atoms with Crippen molar-refractivity contribution in [1.29, 1.82) is 0 Å². The molecule has 1 unspecified atom stereocenters. The number of carbonyl (C=O) groups is 1. The zero-order chi connectivity index (χ0) is 15.5. The van der Waals surface area contributed by atoms with Gasteiger partial charge in [-0.3, -0.25) is 0 Å². The smallest absolute Gasteiger partial charge is 0.316 e. The van der Waals surface area contributed by atoms with Gasteiger partial charge in [0.2, 0.25) is 0 Å². The van der Waals surface area contributed by atoms with Gasteiger partial charge in [0.15, 0.2) is 0 Å². The van der Waals surface area contributed by atoms with Crippen LogP contribution in [-0.2, 0) is 0 Å². The Balaban J connectivity index is 1.88. The predicted molar refractivity (Wildman–Crippen MR) is 87.2 cm³/mol. The molecule has 1 aliphatic rings. The molecular weight excluding hydrogens is 262 g/mol. The molecule has 0 radical (unpaired) electrons. The van der Waals surface area contributed by atoms with E-state index in [1.165, 1.54) is 31.2 Å². The maximum atomic E-state index is 10.8. The minimum Gasteiger partial charge on any atom is -0.351 e. The molecule has 4 nitrogen and oxygen atoms in total. The fourth-order valence-electron chi connectivity index (χ4n) is 3.01. The van der Waals surface area contributed by atoms with E-state index in [9.17, 15) is 4.79 Å². The number of hydrogen-bond acceptors (Lipinski definition) is 2. The van der Waals surface area contributed by atoms with Crippen LogP contribution >= 0.6 is 0 Å². The number of nitrogens with two attached hydrogens (primary N) is 1. The molecule has 2 rings (SSSR count). The Morgan fingerprint density at radius 2 is 1.81 bits per heavy atom. The highest BCUT2D eigenvalue weighted by Gasteiger charge is 2.27. The molecule has 0 bridgehead atoms. The number of nitrogens with one attached hydrogen (secondary N) is 2. The highest BCUT2D eigenvalue weighted by atomic mass is 16.2. The third-order valence-corrected chi connectivity index (χ3v) is 4.50. The first-order valence-corrected chi connectivity index (χ1v) is 7.78. The number of rotatable bonds is 4. The normalized spacial score (nSPS) is 20.0. The molecule has 2 amide bonds. The predicted octanol–water partition coefficient (Wildman–Crippen LogP) is 3.80. The van der Waals surface area contributed by atoms with Gasteiger partial charge in [0.25, 0.3) is 0 Å². The Kier molecular flexibility index (Phi) is 4.88. The lowest BCUT2D eigenvalue weighted by atomic mass is 9.75. The Morgan fingerprint density at radius 1 is 1.24 bits per heavy atom. The Bertz CT molecular complexity index is 471. The Hall–Kier alpha value is -1.55. The zero-order valence-electron chi connectivity index (χ0n) is 13.3. The third kappa shape index (κ3) is 4.74. The lowest BCUT2D eigenvalue weighted by Crippen LogP contribution is -2.37. The summed E-state index contributed by atoms with van der Waals surface area (Å²) in [4.78, 5) is 10.8. The summed E-state index contributed by atoms with van der Waals surface area (Å²) < 4.78 is 0. The van der Waals surface area contributed by atoms with Crippen LogP contribution in [0.2, 0.25) is 0 Å². The van der Waals surface area contributed by atoms with E-state index in [1.54, 1.807) is 0 Å². The molecule has 1 atom stereocenters. The van der Waals surface area contributed by atoms with Gasteiger partial charge >= 0.3 is 6.03 Å². The monoisotopic (exact) mass is 289 g/mol. The lowest BCUT2D eigenvalue weighted by molar-refractivity contribution is 0.200. The van der Waals surface area contributed by atoms with E-state index < -0.39 is 6.03 Å². The van der Waals surface area contributed by atoms with Gasteiger partial charge in [0.1, 0.15) is 0 Å². The largest absolute Gasteiger partial charge is 0.351 e. The molecule has 1 aliphatic carbocycles. The number of carbonyl (C=O) groups excluding carboxylic acids is 1. The average molecular weight is 289 g/mol. The fraction of sp³-hybridized carbons (Fsp3) is 0.588. The SMILES string of the molecule is CC(NC1CCC(C)(C)CC1)c1ccc(NC(N)=O)cc1. The van der Waals surface area contributed by atoms with E-state index >= 15 is 0 Å². The molecule has 0 aromatic heterocycles. The first kappa shape index (κ1) is 15.8. The molecule has 1 aromatic rings. The second kappa shape index (κ2) is 6.48. The van der Waals surface area contributed by atoms with Crippen LogP contribution in [0, 0.1) is 5.41 Å². The maximum absolute atomic E-state index is 10.8. The van der Waals surface area contributed by atoms with Crippen LogP contribution in [0.5, 0.6) is 0 Å². The van der Waals surface area contributed by atoms with E-state index in [0.717, 1.165) is 5.69 Å². The number of benzene rings is 1. The van der Waals surface area contributed by atoms with Gasteiger partial charge < -0.3 is 16.4 Å². The molecule has 0 aliphatic heterocycles. The molecule has 4 N–H and O–H groups in total. The topological polar surface area (TPSA) is 67.2 Å². The Morgan fingerprint density at radius 3 is 2.33 bits per heavy atom. The van der Waals surface area contributed by atoms with E-state index in [4.69, 9.17) is 5.73 Å². The van der Waals surface area contributed by atoms with Gasteiger partial charge in [-0.05, 0) is 55.7 Å². The van der Waals surface area contributed by atoms with E-state index in [-0.39, 0.29) is 0 Å².